The first-order valence-corrected chi connectivity index (χ1v) is 9.65. The zero-order valence-electron chi connectivity index (χ0n) is 16.4. The van der Waals surface area contributed by atoms with Gasteiger partial charge < -0.3 is 10.1 Å². The summed E-state index contributed by atoms with van der Waals surface area (Å²) in [7, 11) is 0. The molecular weight excluding hydrogens is 380 g/mol. The molecule has 6 nitrogen and oxygen atoms in total. The highest BCUT2D eigenvalue weighted by molar-refractivity contribution is 6.21. The van der Waals surface area contributed by atoms with Crippen LogP contribution >= 0.6 is 0 Å². The van der Waals surface area contributed by atoms with Crippen LogP contribution in [-0.4, -0.2) is 29.2 Å². The van der Waals surface area contributed by atoms with Crippen LogP contribution in [0.2, 0.25) is 0 Å². The molecule has 3 aromatic carbocycles. The van der Waals surface area contributed by atoms with Gasteiger partial charge in [-0.05, 0) is 61.0 Å². The molecule has 1 aliphatic rings. The Balaban J connectivity index is 1.47. The molecule has 6 heteroatoms. The molecule has 30 heavy (non-hydrogen) atoms. The topological polar surface area (TPSA) is 75.7 Å². The Morgan fingerprint density at radius 3 is 2.20 bits per heavy atom. The van der Waals surface area contributed by atoms with Gasteiger partial charge in [-0.3, -0.25) is 19.3 Å². The van der Waals surface area contributed by atoms with Gasteiger partial charge in [-0.1, -0.05) is 24.3 Å². The number of imide groups is 1. The second-order valence-corrected chi connectivity index (χ2v) is 6.85. The third-order valence-corrected chi connectivity index (χ3v) is 4.83. The van der Waals surface area contributed by atoms with Gasteiger partial charge in [0.05, 0.1) is 24.3 Å². The first-order chi connectivity index (χ1) is 14.6. The summed E-state index contributed by atoms with van der Waals surface area (Å²) in [5.74, 6) is -0.179. The summed E-state index contributed by atoms with van der Waals surface area (Å²) in [5.41, 5.74) is 2.61. The van der Waals surface area contributed by atoms with Gasteiger partial charge in [0, 0.05) is 11.3 Å². The fourth-order valence-electron chi connectivity index (χ4n) is 3.38. The van der Waals surface area contributed by atoms with Gasteiger partial charge in [-0.2, -0.15) is 0 Å². The van der Waals surface area contributed by atoms with Crippen LogP contribution in [0.25, 0.3) is 0 Å². The van der Waals surface area contributed by atoms with Crippen LogP contribution in [-0.2, 0) is 6.54 Å². The Morgan fingerprint density at radius 1 is 0.900 bits per heavy atom. The molecule has 3 aromatic rings. The number of ether oxygens (including phenoxy) is 1. The van der Waals surface area contributed by atoms with Crippen molar-refractivity contribution < 1.29 is 19.1 Å². The second kappa shape index (κ2) is 8.21. The Kier molecular flexibility index (Phi) is 5.30. The van der Waals surface area contributed by atoms with Crippen molar-refractivity contribution in [3.63, 3.8) is 0 Å². The lowest BCUT2D eigenvalue weighted by Crippen LogP contribution is -2.29. The number of nitrogens with one attached hydrogen (secondary N) is 1. The highest BCUT2D eigenvalue weighted by Crippen LogP contribution is 2.24. The van der Waals surface area contributed by atoms with Crippen molar-refractivity contribution >= 4 is 23.4 Å². The van der Waals surface area contributed by atoms with E-state index in [4.69, 9.17) is 4.74 Å². The molecule has 0 radical (unpaired) electrons. The number of rotatable bonds is 6. The summed E-state index contributed by atoms with van der Waals surface area (Å²) in [6, 6.07) is 20.8. The number of fused-ring (bicyclic) bond motifs is 1. The molecule has 1 heterocycles. The first kappa shape index (κ1) is 19.4. The lowest BCUT2D eigenvalue weighted by atomic mass is 10.1. The van der Waals surface area contributed by atoms with Gasteiger partial charge in [0.25, 0.3) is 17.7 Å². The predicted octanol–water partition coefficient (Wildman–Crippen LogP) is 4.13. The van der Waals surface area contributed by atoms with E-state index in [2.05, 4.69) is 5.32 Å². The van der Waals surface area contributed by atoms with Gasteiger partial charge >= 0.3 is 0 Å². The molecule has 0 spiro atoms. The zero-order valence-corrected chi connectivity index (χ0v) is 16.4. The Hall–Kier alpha value is -3.93. The van der Waals surface area contributed by atoms with Gasteiger partial charge in [0.2, 0.25) is 0 Å². The summed E-state index contributed by atoms with van der Waals surface area (Å²) in [6.07, 6.45) is 0. The molecular formula is C24H20N2O4. The maximum Gasteiger partial charge on any atom is 0.261 e. The fraction of sp³-hybridized carbons (Fsp3) is 0.125. The number of benzene rings is 3. The van der Waals surface area contributed by atoms with Gasteiger partial charge in [0.15, 0.2) is 0 Å². The van der Waals surface area contributed by atoms with Crippen molar-refractivity contribution in [3.8, 4) is 5.75 Å². The smallest absolute Gasteiger partial charge is 0.261 e. The van der Waals surface area contributed by atoms with Crippen molar-refractivity contribution in [3.05, 3.63) is 95.1 Å². The van der Waals surface area contributed by atoms with E-state index in [-0.39, 0.29) is 24.3 Å². The van der Waals surface area contributed by atoms with Crippen LogP contribution in [0.4, 0.5) is 5.69 Å². The molecule has 150 valence electrons. The second-order valence-electron chi connectivity index (χ2n) is 6.85. The maximum atomic E-state index is 12.6. The molecule has 0 saturated heterocycles. The fourth-order valence-corrected chi connectivity index (χ4v) is 3.38. The SMILES string of the molecule is CCOc1ccc(NC(=O)c2cccc(CN3C(=O)c4ccccc4C3=O)c2)cc1. The van der Waals surface area contributed by atoms with Crippen LogP contribution < -0.4 is 10.1 Å². The van der Waals surface area contributed by atoms with E-state index in [0.29, 0.717) is 34.5 Å². The molecule has 0 atom stereocenters. The number of carbonyl (C=O) groups excluding carboxylic acids is 3. The van der Waals surface area contributed by atoms with E-state index in [0.717, 1.165) is 5.75 Å². The highest BCUT2D eigenvalue weighted by atomic mass is 16.5. The molecule has 0 saturated carbocycles. The minimum atomic E-state index is -0.320. The van der Waals surface area contributed by atoms with E-state index in [1.165, 1.54) is 4.90 Å². The molecule has 4 rings (SSSR count). The summed E-state index contributed by atoms with van der Waals surface area (Å²) >= 11 is 0. The number of amides is 3. The molecule has 1 N–H and O–H groups in total. The normalized spacial score (nSPS) is 12.6. The van der Waals surface area contributed by atoms with E-state index in [1.54, 1.807) is 72.8 Å². The van der Waals surface area contributed by atoms with Crippen molar-refractivity contribution in [1.82, 2.24) is 4.90 Å². The molecule has 0 unspecified atom stereocenters. The van der Waals surface area contributed by atoms with E-state index >= 15 is 0 Å². The maximum absolute atomic E-state index is 12.6. The summed E-state index contributed by atoms with van der Waals surface area (Å²) in [4.78, 5) is 39.0. The third kappa shape index (κ3) is 3.80. The van der Waals surface area contributed by atoms with Crippen molar-refractivity contribution in [1.29, 1.82) is 0 Å². The summed E-state index contributed by atoms with van der Waals surface area (Å²) < 4.78 is 5.40. The number of carbonyl (C=O) groups is 3. The molecule has 0 fully saturated rings. The highest BCUT2D eigenvalue weighted by Gasteiger charge is 2.34. The van der Waals surface area contributed by atoms with E-state index in [9.17, 15) is 14.4 Å². The number of hydrogen-bond acceptors (Lipinski definition) is 4. The van der Waals surface area contributed by atoms with Gasteiger partial charge in [-0.25, -0.2) is 0 Å². The minimum Gasteiger partial charge on any atom is -0.494 e. The van der Waals surface area contributed by atoms with Crippen LogP contribution in [0.3, 0.4) is 0 Å². The zero-order chi connectivity index (χ0) is 21.1. The lowest BCUT2D eigenvalue weighted by Gasteiger charge is -2.14. The van der Waals surface area contributed by atoms with Crippen LogP contribution in [0.5, 0.6) is 5.75 Å². The van der Waals surface area contributed by atoms with Gasteiger partial charge in [-0.15, -0.1) is 0 Å². The Morgan fingerprint density at radius 2 is 1.57 bits per heavy atom. The molecule has 3 amide bonds. The largest absolute Gasteiger partial charge is 0.494 e. The van der Waals surface area contributed by atoms with Crippen LogP contribution in [0.1, 0.15) is 43.6 Å². The molecule has 1 aliphatic heterocycles. The first-order valence-electron chi connectivity index (χ1n) is 9.65. The standard InChI is InChI=1S/C24H20N2O4/c1-2-30-19-12-10-18(11-13-19)25-22(27)17-7-5-6-16(14-17)15-26-23(28)20-8-3-4-9-21(20)24(26)29/h3-14H,2,15H2,1H3,(H,25,27). The van der Waals surface area contributed by atoms with Crippen molar-refractivity contribution in [2.24, 2.45) is 0 Å². The average Bonchev–Trinajstić information content (AvgIpc) is 3.01. The molecule has 0 aliphatic carbocycles. The third-order valence-electron chi connectivity index (χ3n) is 4.83. The minimum absolute atomic E-state index is 0.108. The predicted molar refractivity (Wildman–Crippen MR) is 113 cm³/mol. The van der Waals surface area contributed by atoms with Crippen LogP contribution in [0, 0.1) is 0 Å². The van der Waals surface area contributed by atoms with Crippen LogP contribution in [0.15, 0.2) is 72.8 Å². The quantitative estimate of drug-likeness (QED) is 0.631. The molecule has 0 bridgehead atoms. The number of hydrogen-bond donors (Lipinski definition) is 1. The summed E-state index contributed by atoms with van der Waals surface area (Å²) in [5, 5.41) is 2.84. The Labute approximate surface area is 174 Å². The number of anilines is 1. The van der Waals surface area contributed by atoms with Crippen molar-refractivity contribution in [2.45, 2.75) is 13.5 Å². The lowest BCUT2D eigenvalue weighted by molar-refractivity contribution is 0.0642. The average molecular weight is 400 g/mol. The number of nitrogens with zero attached hydrogens (tertiary/aromatic N) is 1. The summed E-state index contributed by atoms with van der Waals surface area (Å²) in [6.45, 7) is 2.59. The van der Waals surface area contributed by atoms with E-state index in [1.807, 2.05) is 6.92 Å². The molecule has 0 aromatic heterocycles. The van der Waals surface area contributed by atoms with Crippen molar-refractivity contribution in [2.75, 3.05) is 11.9 Å². The Bertz CT molecular complexity index is 1090. The van der Waals surface area contributed by atoms with Gasteiger partial charge in [0.1, 0.15) is 5.75 Å². The monoisotopic (exact) mass is 400 g/mol. The van der Waals surface area contributed by atoms with E-state index < -0.39 is 0 Å².